The molecule has 0 rings (SSSR count). The van der Waals surface area contributed by atoms with Crippen LogP contribution >= 0.6 is 0 Å². The number of rotatable bonds is 21. The first-order valence-electron chi connectivity index (χ1n) is 14.0. The van der Waals surface area contributed by atoms with Crippen molar-refractivity contribution in [2.75, 3.05) is 27.2 Å². The second kappa shape index (κ2) is 21.0. The quantitative estimate of drug-likeness (QED) is 0.0464. The van der Waals surface area contributed by atoms with Gasteiger partial charge in [-0.15, -0.1) is 0 Å². The Labute approximate surface area is 261 Å². The molecule has 0 aliphatic heterocycles. The van der Waals surface area contributed by atoms with Crippen LogP contribution in [0.1, 0.15) is 59.3 Å². The van der Waals surface area contributed by atoms with Gasteiger partial charge in [-0.2, -0.15) is 9.58 Å². The Balaban J connectivity index is 5.88. The highest BCUT2D eigenvalue weighted by Gasteiger charge is 2.31. The SMILES string of the molecule is C=CCOC(=O)[C@H](CCC(=O)C=[N+]=[N-])NC(=O)[C@H](CCC(=O)C=[N+]=[N-])NC(=O)CC[C@H](NC(=O)CN(C)C)C(=O)OC(C)(C)C. The minimum Gasteiger partial charge on any atom is -0.460 e. The maximum Gasteiger partial charge on any atom is 0.329 e. The van der Waals surface area contributed by atoms with E-state index in [1.807, 2.05) is 0 Å². The van der Waals surface area contributed by atoms with E-state index in [0.717, 1.165) is 0 Å². The molecule has 248 valence electrons. The second-order valence-corrected chi connectivity index (χ2v) is 11.0. The lowest BCUT2D eigenvalue weighted by Crippen LogP contribution is -2.52. The fraction of sp³-hybridized carbons (Fsp3) is 0.607. The Hall–Kier alpha value is -4.85. The van der Waals surface area contributed by atoms with Gasteiger partial charge in [-0.1, -0.05) is 12.7 Å². The lowest BCUT2D eigenvalue weighted by molar-refractivity contribution is -0.159. The number of Topliss-reactive ketones (excluding diaryl/α,β-unsaturated/α-hetero) is 2. The molecular formula is C28H42N8O9. The number of amides is 3. The molecule has 0 fully saturated rings. The molecule has 0 bridgehead atoms. The summed E-state index contributed by atoms with van der Waals surface area (Å²) in [5, 5.41) is 7.36. The number of nitrogens with one attached hydrogen (secondary N) is 3. The Bertz CT molecular complexity index is 1200. The minimum atomic E-state index is -1.40. The molecule has 45 heavy (non-hydrogen) atoms. The van der Waals surface area contributed by atoms with Crippen LogP contribution in [0.5, 0.6) is 0 Å². The molecule has 0 unspecified atom stereocenters. The molecule has 3 atom stereocenters. The van der Waals surface area contributed by atoms with Crippen LogP contribution in [0.25, 0.3) is 11.1 Å². The molecule has 17 heteroatoms. The van der Waals surface area contributed by atoms with Crippen molar-refractivity contribution in [2.24, 2.45) is 0 Å². The average molecular weight is 635 g/mol. The van der Waals surface area contributed by atoms with Gasteiger partial charge in [0, 0.05) is 19.3 Å². The molecule has 0 radical (unpaired) electrons. The zero-order valence-electron chi connectivity index (χ0n) is 26.2. The lowest BCUT2D eigenvalue weighted by atomic mass is 10.0. The molecule has 17 nitrogen and oxygen atoms in total. The van der Waals surface area contributed by atoms with E-state index < -0.39 is 65.0 Å². The molecule has 0 aromatic carbocycles. The van der Waals surface area contributed by atoms with Gasteiger partial charge in [0.25, 0.3) is 0 Å². The number of carbonyl (C=O) groups excluding carboxylic acids is 7. The first-order valence-corrected chi connectivity index (χ1v) is 14.0. The van der Waals surface area contributed by atoms with E-state index in [9.17, 15) is 33.6 Å². The summed E-state index contributed by atoms with van der Waals surface area (Å²) in [6, 6.07) is -3.96. The van der Waals surface area contributed by atoms with Gasteiger partial charge in [0.1, 0.15) is 30.3 Å². The molecule has 0 aromatic rings. The molecule has 0 saturated heterocycles. The van der Waals surface area contributed by atoms with Gasteiger partial charge in [-0.05, 0) is 54.1 Å². The maximum atomic E-state index is 13.2. The Morgan fingerprint density at radius 2 is 1.27 bits per heavy atom. The van der Waals surface area contributed by atoms with Crippen LogP contribution in [-0.4, -0.2) is 119 Å². The van der Waals surface area contributed by atoms with Crippen LogP contribution in [0.15, 0.2) is 12.7 Å². The summed E-state index contributed by atoms with van der Waals surface area (Å²) in [5.41, 5.74) is 16.3. The van der Waals surface area contributed by atoms with Crippen LogP contribution in [0.4, 0.5) is 0 Å². The largest absolute Gasteiger partial charge is 0.460 e. The highest BCUT2D eigenvalue weighted by atomic mass is 16.6. The highest BCUT2D eigenvalue weighted by Crippen LogP contribution is 2.12. The number of esters is 2. The molecular weight excluding hydrogens is 592 g/mol. The summed E-state index contributed by atoms with van der Waals surface area (Å²) in [6.07, 6.45) is 0.756. The van der Waals surface area contributed by atoms with Gasteiger partial charge in [0.2, 0.25) is 29.3 Å². The number of ether oxygens (including phenoxy) is 2. The minimum absolute atomic E-state index is 0.0340. The van der Waals surface area contributed by atoms with Crippen LogP contribution in [0.3, 0.4) is 0 Å². The van der Waals surface area contributed by atoms with E-state index in [1.165, 1.54) is 6.08 Å². The summed E-state index contributed by atoms with van der Waals surface area (Å²) in [6.45, 7) is 8.11. The zero-order chi connectivity index (χ0) is 34.6. The van der Waals surface area contributed by atoms with Gasteiger partial charge < -0.3 is 41.4 Å². The number of ketones is 2. The standard InChI is InChI=1S/C28H42N8O9/c1-7-14-44-26(42)21(11-9-19(38)16-32-30)35-25(41)20(10-8-18(37)15-31-29)33-23(39)13-12-22(27(43)45-28(2,3)4)34-24(40)17-36(5)6/h7,15-16,20-22H,1,8-14,17H2,2-6H3,(H,33,39)(H,34,40)(H,35,41)/t20-,21-,22-/m0/s1. The van der Waals surface area contributed by atoms with Crippen LogP contribution in [-0.2, 0) is 43.0 Å². The first kappa shape index (κ1) is 40.1. The monoisotopic (exact) mass is 634 g/mol. The van der Waals surface area contributed by atoms with Crippen molar-refractivity contribution in [3.05, 3.63) is 23.7 Å². The summed E-state index contributed by atoms with van der Waals surface area (Å²) in [7, 11) is 3.31. The average Bonchev–Trinajstić information content (AvgIpc) is 2.92. The highest BCUT2D eigenvalue weighted by molar-refractivity contribution is 6.25. The van der Waals surface area contributed by atoms with E-state index in [-0.39, 0.29) is 51.7 Å². The Morgan fingerprint density at radius 3 is 1.76 bits per heavy atom. The Morgan fingerprint density at radius 1 is 0.778 bits per heavy atom. The fourth-order valence-corrected chi connectivity index (χ4v) is 3.55. The molecule has 0 aliphatic rings. The summed E-state index contributed by atoms with van der Waals surface area (Å²) in [5.74, 6) is -5.15. The predicted octanol–water partition coefficient (Wildman–Crippen LogP) is -0.847. The predicted molar refractivity (Wildman–Crippen MR) is 158 cm³/mol. The normalized spacial score (nSPS) is 12.6. The first-order chi connectivity index (χ1) is 21.0. The van der Waals surface area contributed by atoms with Crippen molar-refractivity contribution >= 4 is 53.7 Å². The van der Waals surface area contributed by atoms with Crippen molar-refractivity contribution in [3.63, 3.8) is 0 Å². The molecule has 3 N–H and O–H groups in total. The van der Waals surface area contributed by atoms with Crippen LogP contribution in [0, 0.1) is 0 Å². The van der Waals surface area contributed by atoms with E-state index in [4.69, 9.17) is 20.5 Å². The molecule has 3 amide bonds. The second-order valence-electron chi connectivity index (χ2n) is 11.0. The number of hydrogen-bond donors (Lipinski definition) is 3. The third kappa shape index (κ3) is 19.1. The van der Waals surface area contributed by atoms with Crippen molar-refractivity contribution in [1.82, 2.24) is 20.9 Å². The van der Waals surface area contributed by atoms with Gasteiger partial charge >= 0.3 is 24.4 Å². The van der Waals surface area contributed by atoms with Gasteiger partial charge in [-0.3, -0.25) is 24.0 Å². The summed E-state index contributed by atoms with van der Waals surface area (Å²) < 4.78 is 10.3. The van der Waals surface area contributed by atoms with Gasteiger partial charge in [0.05, 0.1) is 6.54 Å². The maximum absolute atomic E-state index is 13.2. The molecule has 0 spiro atoms. The third-order valence-corrected chi connectivity index (χ3v) is 5.50. The number of nitrogens with zero attached hydrogens (tertiary/aromatic N) is 5. The van der Waals surface area contributed by atoms with Crippen molar-refractivity contribution in [2.45, 2.75) is 83.0 Å². The number of hydrogen-bond acceptors (Lipinski definition) is 10. The lowest BCUT2D eigenvalue weighted by Gasteiger charge is -2.25. The van der Waals surface area contributed by atoms with Crippen molar-refractivity contribution in [1.29, 1.82) is 0 Å². The van der Waals surface area contributed by atoms with E-state index in [1.54, 1.807) is 39.8 Å². The summed E-state index contributed by atoms with van der Waals surface area (Å²) >= 11 is 0. The van der Waals surface area contributed by atoms with Gasteiger partial charge in [0.15, 0.2) is 0 Å². The summed E-state index contributed by atoms with van der Waals surface area (Å²) in [4.78, 5) is 94.4. The van der Waals surface area contributed by atoms with Crippen molar-refractivity contribution < 1.29 is 52.6 Å². The van der Waals surface area contributed by atoms with E-state index in [2.05, 4.69) is 32.1 Å². The van der Waals surface area contributed by atoms with Gasteiger partial charge in [-0.25, -0.2) is 9.59 Å². The third-order valence-electron chi connectivity index (χ3n) is 5.50. The van der Waals surface area contributed by atoms with Crippen LogP contribution in [0.2, 0.25) is 0 Å². The van der Waals surface area contributed by atoms with Crippen molar-refractivity contribution in [3.8, 4) is 0 Å². The Kier molecular flexibility index (Phi) is 18.7. The van der Waals surface area contributed by atoms with E-state index >= 15 is 0 Å². The number of carbonyl (C=O) groups is 7. The van der Waals surface area contributed by atoms with Crippen LogP contribution < -0.4 is 16.0 Å². The molecule has 0 aliphatic carbocycles. The fourth-order valence-electron chi connectivity index (χ4n) is 3.55. The van der Waals surface area contributed by atoms with E-state index in [0.29, 0.717) is 12.4 Å². The topological polar surface area (TPSA) is 250 Å². The zero-order valence-corrected chi connectivity index (χ0v) is 26.2. The molecule has 0 heterocycles. The molecule has 0 saturated carbocycles. The molecule has 0 aromatic heterocycles. The smallest absolute Gasteiger partial charge is 0.329 e. The number of likely N-dealkylation sites (N-methyl/N-ethyl adjacent to an activating group) is 1.